The minimum absolute atomic E-state index is 0.00751. The van der Waals surface area contributed by atoms with Gasteiger partial charge >= 0.3 is 0 Å². The molecule has 6 heteroatoms. The summed E-state index contributed by atoms with van der Waals surface area (Å²) in [5.74, 6) is -0.884. The Kier molecular flexibility index (Phi) is 4.18. The van der Waals surface area contributed by atoms with Gasteiger partial charge in [-0.15, -0.1) is 0 Å². The number of carbonyl (C=O) groups excluding carboxylic acids is 1. The summed E-state index contributed by atoms with van der Waals surface area (Å²) in [6.45, 7) is 0.373. The first-order valence-electron chi connectivity index (χ1n) is 8.49. The molecule has 0 saturated carbocycles. The van der Waals surface area contributed by atoms with E-state index in [2.05, 4.69) is 10.4 Å². The van der Waals surface area contributed by atoms with Crippen molar-refractivity contribution in [2.45, 2.75) is 18.1 Å². The van der Waals surface area contributed by atoms with E-state index in [-0.39, 0.29) is 23.4 Å². The molecule has 0 bridgehead atoms. The van der Waals surface area contributed by atoms with Crippen LogP contribution < -0.4 is 5.32 Å². The number of aliphatic hydroxyl groups is 2. The monoisotopic (exact) mass is 349 g/mol. The van der Waals surface area contributed by atoms with Gasteiger partial charge in [-0.05, 0) is 11.1 Å². The number of rotatable bonds is 3. The van der Waals surface area contributed by atoms with Crippen molar-refractivity contribution in [2.75, 3.05) is 6.54 Å². The van der Waals surface area contributed by atoms with Gasteiger partial charge < -0.3 is 15.5 Å². The second-order valence-corrected chi connectivity index (χ2v) is 6.36. The zero-order chi connectivity index (χ0) is 18.1. The van der Waals surface area contributed by atoms with E-state index in [0.717, 1.165) is 11.1 Å². The van der Waals surface area contributed by atoms with Crippen LogP contribution in [0, 0.1) is 0 Å². The fourth-order valence-electron chi connectivity index (χ4n) is 3.58. The second-order valence-electron chi connectivity index (χ2n) is 6.36. The molecule has 1 amide bonds. The van der Waals surface area contributed by atoms with Crippen LogP contribution in [-0.4, -0.2) is 46.0 Å². The van der Waals surface area contributed by atoms with Crippen molar-refractivity contribution in [1.29, 1.82) is 0 Å². The Hall–Kier alpha value is -3.12. The van der Waals surface area contributed by atoms with Gasteiger partial charge in [-0.3, -0.25) is 9.80 Å². The average Bonchev–Trinajstić information content (AvgIpc) is 2.68. The van der Waals surface area contributed by atoms with Crippen molar-refractivity contribution in [1.82, 2.24) is 10.3 Å². The number of amides is 1. The highest BCUT2D eigenvalue weighted by atomic mass is 16.3. The van der Waals surface area contributed by atoms with Crippen LogP contribution in [0.4, 0.5) is 0 Å². The molecule has 2 heterocycles. The molecule has 0 radical (unpaired) electrons. The van der Waals surface area contributed by atoms with E-state index in [4.69, 9.17) is 0 Å². The van der Waals surface area contributed by atoms with Crippen LogP contribution in [0.3, 0.4) is 0 Å². The third kappa shape index (κ3) is 2.74. The summed E-state index contributed by atoms with van der Waals surface area (Å²) < 4.78 is 0. The Morgan fingerprint density at radius 1 is 1.04 bits per heavy atom. The molecular weight excluding hydrogens is 330 g/mol. The maximum Gasteiger partial charge on any atom is 0.273 e. The molecule has 0 aliphatic carbocycles. The van der Waals surface area contributed by atoms with Gasteiger partial charge in [0.15, 0.2) is 11.5 Å². The number of nitrogens with one attached hydrogen (secondary N) is 1. The molecule has 2 aromatic rings. The summed E-state index contributed by atoms with van der Waals surface area (Å²) in [5.41, 5.74) is 2.17. The highest BCUT2D eigenvalue weighted by Crippen LogP contribution is 2.35. The molecule has 2 aliphatic rings. The topological polar surface area (TPSA) is 85.2 Å². The van der Waals surface area contributed by atoms with Crippen LogP contribution in [0.2, 0.25) is 0 Å². The van der Waals surface area contributed by atoms with Crippen LogP contribution in [-0.2, 0) is 4.79 Å². The molecule has 1 saturated heterocycles. The molecule has 2 aliphatic heterocycles. The van der Waals surface area contributed by atoms with Gasteiger partial charge in [0.2, 0.25) is 0 Å². The van der Waals surface area contributed by atoms with Crippen molar-refractivity contribution >= 4 is 12.1 Å². The van der Waals surface area contributed by atoms with Crippen LogP contribution >= 0.6 is 0 Å². The maximum atomic E-state index is 12.3. The molecule has 1 fully saturated rings. The summed E-state index contributed by atoms with van der Waals surface area (Å²) in [4.78, 5) is 12.3. The molecule has 0 aromatic heterocycles. The SMILES string of the molecule is O=C1NCC(C(c2ccccc2)c2ccccc2)N2N=CC(O)C(O)=C12. The minimum atomic E-state index is -1.27. The molecule has 0 spiro atoms. The Balaban J connectivity index is 1.82. The number of fused-ring (bicyclic) bond motifs is 1. The number of aliphatic hydroxyl groups excluding tert-OH is 2. The van der Waals surface area contributed by atoms with E-state index >= 15 is 0 Å². The fourth-order valence-corrected chi connectivity index (χ4v) is 3.58. The van der Waals surface area contributed by atoms with Gasteiger partial charge in [0.05, 0.1) is 12.3 Å². The van der Waals surface area contributed by atoms with E-state index in [1.165, 1.54) is 11.2 Å². The number of piperazine rings is 1. The Bertz CT molecular complexity index is 825. The van der Waals surface area contributed by atoms with E-state index < -0.39 is 12.0 Å². The number of benzene rings is 2. The number of carbonyl (C=O) groups is 1. The summed E-state index contributed by atoms with van der Waals surface area (Å²) in [6.07, 6.45) is -0.0186. The van der Waals surface area contributed by atoms with E-state index in [1.807, 2.05) is 60.7 Å². The molecule has 26 heavy (non-hydrogen) atoms. The minimum Gasteiger partial charge on any atom is -0.507 e. The zero-order valence-corrected chi connectivity index (χ0v) is 14.0. The lowest BCUT2D eigenvalue weighted by atomic mass is 9.83. The molecule has 132 valence electrons. The Labute approximate surface area is 151 Å². The largest absolute Gasteiger partial charge is 0.507 e. The first-order chi connectivity index (χ1) is 12.7. The van der Waals surface area contributed by atoms with Crippen molar-refractivity contribution in [3.8, 4) is 0 Å². The predicted molar refractivity (Wildman–Crippen MR) is 97.5 cm³/mol. The average molecular weight is 349 g/mol. The third-order valence-corrected chi connectivity index (χ3v) is 4.79. The first kappa shape index (κ1) is 16.4. The van der Waals surface area contributed by atoms with Crippen LogP contribution in [0.5, 0.6) is 0 Å². The number of hydrogen-bond acceptors (Lipinski definition) is 5. The van der Waals surface area contributed by atoms with Crippen LogP contribution in [0.25, 0.3) is 0 Å². The van der Waals surface area contributed by atoms with Crippen LogP contribution in [0.1, 0.15) is 17.0 Å². The number of hydrogen-bond donors (Lipinski definition) is 3. The summed E-state index contributed by atoms with van der Waals surface area (Å²) in [6, 6.07) is 19.8. The second kappa shape index (κ2) is 6.65. The normalized spacial score (nSPS) is 22.4. The molecule has 2 aromatic carbocycles. The van der Waals surface area contributed by atoms with Gasteiger partial charge in [0, 0.05) is 12.5 Å². The number of nitrogens with zero attached hydrogens (tertiary/aromatic N) is 2. The van der Waals surface area contributed by atoms with E-state index in [1.54, 1.807) is 0 Å². The van der Waals surface area contributed by atoms with Crippen LogP contribution in [0.15, 0.2) is 77.2 Å². The first-order valence-corrected chi connectivity index (χ1v) is 8.49. The van der Waals surface area contributed by atoms with Crippen molar-refractivity contribution in [2.24, 2.45) is 5.10 Å². The van der Waals surface area contributed by atoms with Crippen molar-refractivity contribution in [3.05, 3.63) is 83.2 Å². The van der Waals surface area contributed by atoms with Gasteiger partial charge in [-0.2, -0.15) is 5.10 Å². The molecule has 4 rings (SSSR count). The van der Waals surface area contributed by atoms with E-state index in [0.29, 0.717) is 6.54 Å². The quantitative estimate of drug-likeness (QED) is 0.788. The van der Waals surface area contributed by atoms with E-state index in [9.17, 15) is 15.0 Å². The summed E-state index contributed by atoms with van der Waals surface area (Å²) in [5, 5.41) is 28.7. The maximum absolute atomic E-state index is 12.3. The lowest BCUT2D eigenvalue weighted by Crippen LogP contribution is -2.55. The molecule has 2 unspecified atom stereocenters. The molecular formula is C20H19N3O3. The van der Waals surface area contributed by atoms with Gasteiger partial charge in [-0.25, -0.2) is 0 Å². The highest BCUT2D eigenvalue weighted by Gasteiger charge is 2.41. The zero-order valence-electron chi connectivity index (χ0n) is 14.0. The smallest absolute Gasteiger partial charge is 0.273 e. The summed E-state index contributed by atoms with van der Waals surface area (Å²) >= 11 is 0. The lowest BCUT2D eigenvalue weighted by molar-refractivity contribution is -0.122. The van der Waals surface area contributed by atoms with Crippen molar-refractivity contribution < 1.29 is 15.0 Å². The van der Waals surface area contributed by atoms with Gasteiger partial charge in [0.25, 0.3) is 5.91 Å². The molecule has 6 nitrogen and oxygen atoms in total. The summed E-state index contributed by atoms with van der Waals surface area (Å²) in [7, 11) is 0. The molecule has 3 N–H and O–H groups in total. The standard InChI is InChI=1S/C20H19N3O3/c24-16-12-22-23-15(11-21-20(26)18(23)19(16)25)17(13-7-3-1-4-8-13)14-9-5-2-6-10-14/h1-10,12,15-17,24-25H,11H2,(H,21,26). The van der Waals surface area contributed by atoms with Gasteiger partial charge in [0.1, 0.15) is 6.10 Å². The van der Waals surface area contributed by atoms with Crippen molar-refractivity contribution in [3.63, 3.8) is 0 Å². The van der Waals surface area contributed by atoms with Gasteiger partial charge in [-0.1, -0.05) is 60.7 Å². The molecule has 2 atom stereocenters. The highest BCUT2D eigenvalue weighted by molar-refractivity contribution is 5.96. The lowest BCUT2D eigenvalue weighted by Gasteiger charge is -2.41. The fraction of sp³-hybridized carbons (Fsp3) is 0.200. The third-order valence-electron chi connectivity index (χ3n) is 4.79. The Morgan fingerprint density at radius 2 is 1.62 bits per heavy atom. The number of hydrazone groups is 1. The predicted octanol–water partition coefficient (Wildman–Crippen LogP) is 1.75. The Morgan fingerprint density at radius 3 is 2.19 bits per heavy atom.